The van der Waals surface area contributed by atoms with Crippen molar-refractivity contribution < 1.29 is 47.7 Å². The zero-order chi connectivity index (χ0) is 64.1. The van der Waals surface area contributed by atoms with Crippen molar-refractivity contribution in [2.24, 2.45) is 0 Å². The zero-order valence-corrected chi connectivity index (χ0v) is 55.9. The Kier molecular flexibility index (Phi) is 30.8. The highest BCUT2D eigenvalue weighted by Crippen LogP contribution is 2.26. The van der Waals surface area contributed by atoms with E-state index in [1.54, 1.807) is 52.2 Å². The number of hydrogen-bond acceptors (Lipinski definition) is 22. The third-order valence-corrected chi connectivity index (χ3v) is 16.5. The summed E-state index contributed by atoms with van der Waals surface area (Å²) in [6.45, 7) is 35.2. The number of aryl methyl sites for hydroxylation is 1. The number of pyridine rings is 3. The first-order valence-corrected chi connectivity index (χ1v) is 32.3. The molecular weight excluding hydrogens is 1130 g/mol. The van der Waals surface area contributed by atoms with Crippen molar-refractivity contribution in [1.82, 2.24) is 59.8 Å². The molecule has 22 heteroatoms. The molecule has 0 saturated carbocycles. The maximum Gasteiger partial charge on any atom is 0.236 e. The number of likely N-dealkylation sites (tertiary alicyclic amines) is 5. The lowest BCUT2D eigenvalue weighted by atomic mass is 10.1. The van der Waals surface area contributed by atoms with Crippen LogP contribution in [-0.4, -0.2) is 226 Å². The summed E-state index contributed by atoms with van der Waals surface area (Å²) in [5, 5.41) is 24.5. The summed E-state index contributed by atoms with van der Waals surface area (Å²) in [5.41, 5.74) is 0.951. The summed E-state index contributed by atoms with van der Waals surface area (Å²) in [7, 11) is 4.89. The van der Waals surface area contributed by atoms with Crippen LogP contribution in [0.5, 0.6) is 52.5 Å². The van der Waals surface area contributed by atoms with Gasteiger partial charge in [0, 0.05) is 150 Å². The average Bonchev–Trinajstić information content (AvgIpc) is 3.55. The van der Waals surface area contributed by atoms with E-state index in [0.29, 0.717) is 71.6 Å². The topological polar surface area (TPSA) is 210 Å². The minimum Gasteiger partial charge on any atom is -0.497 e. The Morgan fingerprint density at radius 1 is 0.427 bits per heavy atom. The summed E-state index contributed by atoms with van der Waals surface area (Å²) >= 11 is 0. The molecule has 5 fully saturated rings. The summed E-state index contributed by atoms with van der Waals surface area (Å²) < 4.78 is 49.9. The van der Waals surface area contributed by atoms with Gasteiger partial charge in [-0.1, -0.05) is 0 Å². The fraction of sp³-hybridized carbons (Fsp3) is 0.657. The van der Waals surface area contributed by atoms with Crippen LogP contribution in [0.3, 0.4) is 0 Å². The van der Waals surface area contributed by atoms with Gasteiger partial charge in [-0.15, -0.1) is 15.3 Å². The second kappa shape index (κ2) is 38.3. The molecular formula is C67H106N12O10. The number of aliphatic hydroxyl groups excluding tert-OH is 1. The van der Waals surface area contributed by atoms with Gasteiger partial charge in [-0.05, 0) is 152 Å². The van der Waals surface area contributed by atoms with Gasteiger partial charge in [-0.25, -0.2) is 15.0 Å². The van der Waals surface area contributed by atoms with Gasteiger partial charge in [0.15, 0.2) is 0 Å². The Bertz CT molecular complexity index is 2680. The molecule has 5 aromatic heterocycles. The highest BCUT2D eigenvalue weighted by molar-refractivity contribution is 5.28. The highest BCUT2D eigenvalue weighted by atomic mass is 16.5. The van der Waals surface area contributed by atoms with E-state index in [-0.39, 0.29) is 37.6 Å². The molecule has 494 valence electrons. The van der Waals surface area contributed by atoms with E-state index in [1.165, 1.54) is 0 Å². The number of nitrogens with zero attached hydrogens (tertiary/aromatic N) is 12. The first-order chi connectivity index (χ1) is 42.9. The molecule has 0 atom stereocenters. The Balaban J connectivity index is 0.000000178. The maximum absolute atomic E-state index is 8.68. The molecule has 0 unspecified atom stereocenters. The van der Waals surface area contributed by atoms with Crippen LogP contribution in [0.4, 0.5) is 0 Å². The number of aromatic nitrogens is 7. The number of rotatable bonds is 21. The second-order valence-corrected chi connectivity index (χ2v) is 24.5. The predicted molar refractivity (Wildman–Crippen MR) is 346 cm³/mol. The minimum absolute atomic E-state index is 0.00560. The summed E-state index contributed by atoms with van der Waals surface area (Å²) in [4.78, 5) is 24.8. The first-order valence-electron chi connectivity index (χ1n) is 32.3. The van der Waals surface area contributed by atoms with Crippen molar-refractivity contribution in [1.29, 1.82) is 0 Å². The van der Waals surface area contributed by atoms with Crippen LogP contribution in [0.2, 0.25) is 0 Å². The molecule has 0 spiro atoms. The normalized spacial score (nSPS) is 17.8. The highest BCUT2D eigenvalue weighted by Gasteiger charge is 2.31. The largest absolute Gasteiger partial charge is 0.497 e. The fourth-order valence-corrected chi connectivity index (χ4v) is 10.8. The molecule has 10 heterocycles. The van der Waals surface area contributed by atoms with E-state index in [4.69, 9.17) is 47.7 Å². The van der Waals surface area contributed by atoms with Gasteiger partial charge < -0.3 is 67.3 Å². The van der Waals surface area contributed by atoms with Crippen molar-refractivity contribution in [3.8, 4) is 52.5 Å². The monoisotopic (exact) mass is 1240 g/mol. The summed E-state index contributed by atoms with van der Waals surface area (Å²) in [5.74, 6) is 5.98. The lowest BCUT2D eigenvalue weighted by Crippen LogP contribution is -2.56. The van der Waals surface area contributed by atoms with Gasteiger partial charge in [-0.3, -0.25) is 4.90 Å². The molecule has 89 heavy (non-hydrogen) atoms. The number of aliphatic hydroxyl groups is 1. The van der Waals surface area contributed by atoms with Gasteiger partial charge >= 0.3 is 0 Å². The summed E-state index contributed by atoms with van der Waals surface area (Å²) in [6, 6.07) is 19.6. The zero-order valence-electron chi connectivity index (χ0n) is 55.9. The van der Waals surface area contributed by atoms with Crippen molar-refractivity contribution in [2.45, 2.75) is 188 Å². The molecule has 0 aromatic carbocycles. The van der Waals surface area contributed by atoms with E-state index >= 15 is 0 Å². The Hall–Kier alpha value is -6.43. The molecule has 1 N–H and O–H groups in total. The van der Waals surface area contributed by atoms with E-state index in [9.17, 15) is 0 Å². The van der Waals surface area contributed by atoms with E-state index in [1.807, 2.05) is 55.5 Å². The lowest BCUT2D eigenvalue weighted by molar-refractivity contribution is -0.00238. The molecule has 5 saturated heterocycles. The molecule has 5 aliphatic heterocycles. The summed E-state index contributed by atoms with van der Waals surface area (Å²) in [6.07, 6.45) is 16.6. The quantitative estimate of drug-likeness (QED) is 0.0725. The van der Waals surface area contributed by atoms with Crippen LogP contribution in [0, 0.1) is 6.92 Å². The molecule has 22 nitrogen and oxygen atoms in total. The molecule has 0 bridgehead atoms. The first kappa shape index (κ1) is 71.6. The van der Waals surface area contributed by atoms with Crippen molar-refractivity contribution >= 4 is 0 Å². The Labute approximate surface area is 531 Å². The lowest BCUT2D eigenvalue weighted by Gasteiger charge is -2.41. The van der Waals surface area contributed by atoms with Crippen LogP contribution in [0.15, 0.2) is 79.4 Å². The Morgan fingerprint density at radius 2 is 0.865 bits per heavy atom. The van der Waals surface area contributed by atoms with Crippen LogP contribution in [0.25, 0.3) is 0 Å². The van der Waals surface area contributed by atoms with Crippen LogP contribution in [-0.2, 0) is 0 Å². The van der Waals surface area contributed by atoms with Gasteiger partial charge in [0.1, 0.15) is 54.4 Å². The smallest absolute Gasteiger partial charge is 0.236 e. The molecule has 5 aliphatic rings. The standard InChI is InChI=1S/C15H24N2O3.C14H23N3O2.C14H22N2O2.C12H19N3O.C12H18N2O2/c1-12(2)17-7-5-13(6-8-17)20-14-3-4-15(16-11-14)19-10-9-18;1-10(2)17-7-5-12(6-8-17)19-13-9-11(3)14(18-4)16-15-13;1-11(2)16-8-5-12(6-9-16)18-14-10-13(17-3)4-7-15-14;1-10(2)15-8-5-11(6-9-15)16-12-4-3-7-13-14-12;1-9(2)14-7-11(8-14)16-12-6-10(15-3)4-5-13-12/h3-4,11-13,18H,5-10H2,1-2H3;9-10,12H,5-8H2,1-4H3;4,7,10-12H,5-6,8-9H2,1-3H3;3-4,7,10-11H,5-6,8-9H2,1-2H3;4-6,9,11H,7-8H2,1-3H3. The molecule has 5 aromatic rings. The number of piperidine rings is 4. The Morgan fingerprint density at radius 3 is 1.25 bits per heavy atom. The van der Waals surface area contributed by atoms with Gasteiger partial charge in [-0.2, -0.15) is 5.10 Å². The number of methoxy groups -OCH3 is 3. The van der Waals surface area contributed by atoms with E-state index < -0.39 is 0 Å². The van der Waals surface area contributed by atoms with E-state index in [0.717, 1.165) is 140 Å². The fourth-order valence-electron chi connectivity index (χ4n) is 10.8. The SMILES string of the molecule is CC(C)N1CCC(Oc2ccc(OCCO)nc2)CC1.CC(C)N1CCC(Oc2cccnn2)CC1.COc1ccnc(OC2CCN(C(C)C)CC2)c1.COc1ccnc(OC2CN(C(C)C)C2)c1.COc1nnc(OC2CCN(C(C)C)CC2)cc1C. The molecule has 10 rings (SSSR count). The van der Waals surface area contributed by atoms with Gasteiger partial charge in [0.2, 0.25) is 35.3 Å². The molecule has 0 aliphatic carbocycles. The number of hydrogen-bond donors (Lipinski definition) is 1. The third kappa shape index (κ3) is 25.4. The minimum atomic E-state index is -0.00560. The van der Waals surface area contributed by atoms with Crippen molar-refractivity contribution in [3.05, 3.63) is 84.9 Å². The van der Waals surface area contributed by atoms with Crippen LogP contribution >= 0.6 is 0 Å². The predicted octanol–water partition coefficient (Wildman–Crippen LogP) is 9.38. The third-order valence-electron chi connectivity index (χ3n) is 16.5. The average molecular weight is 1240 g/mol. The maximum atomic E-state index is 8.68. The molecule has 0 radical (unpaired) electrons. The second-order valence-electron chi connectivity index (χ2n) is 24.5. The van der Waals surface area contributed by atoms with E-state index in [2.05, 4.69) is 129 Å². The van der Waals surface area contributed by atoms with Crippen LogP contribution in [0.1, 0.15) is 126 Å². The van der Waals surface area contributed by atoms with Gasteiger partial charge in [0.05, 0.1) is 34.1 Å². The molecule has 0 amide bonds. The van der Waals surface area contributed by atoms with Crippen molar-refractivity contribution in [3.63, 3.8) is 0 Å². The van der Waals surface area contributed by atoms with Gasteiger partial charge in [0.25, 0.3) is 0 Å². The van der Waals surface area contributed by atoms with Crippen molar-refractivity contribution in [2.75, 3.05) is 100.0 Å². The number of ether oxygens (including phenoxy) is 9. The van der Waals surface area contributed by atoms with Crippen LogP contribution < -0.4 is 42.6 Å².